The van der Waals surface area contributed by atoms with Crippen molar-refractivity contribution >= 4 is 16.8 Å². The summed E-state index contributed by atoms with van der Waals surface area (Å²) in [5.41, 5.74) is 5.12. The Labute approximate surface area is 214 Å². The quantitative estimate of drug-likeness (QED) is 0.559. The molecule has 2 aromatic carbocycles. The lowest BCUT2D eigenvalue weighted by atomic mass is 10.0. The van der Waals surface area contributed by atoms with Crippen LogP contribution in [-0.2, 0) is 6.42 Å². The van der Waals surface area contributed by atoms with Crippen LogP contribution >= 0.6 is 0 Å². The molecule has 3 heterocycles. The molecule has 0 radical (unpaired) electrons. The number of carbonyl (C=O) groups is 1. The Morgan fingerprint density at radius 2 is 1.67 bits per heavy atom. The molecule has 2 saturated heterocycles. The topological polar surface area (TPSA) is 61.0 Å². The number of hydrogen-bond donors (Lipinski definition) is 1. The maximum Gasteiger partial charge on any atom is 0.253 e. The number of amides is 1. The first-order chi connectivity index (χ1) is 17.5. The van der Waals surface area contributed by atoms with E-state index >= 15 is 0 Å². The molecule has 192 valence electrons. The summed E-state index contributed by atoms with van der Waals surface area (Å²) in [6.45, 7) is 8.04. The van der Waals surface area contributed by atoms with E-state index in [1.54, 1.807) is 14.2 Å². The van der Waals surface area contributed by atoms with Gasteiger partial charge in [-0.25, -0.2) is 0 Å². The number of hydrogen-bond acceptors (Lipinski definition) is 5. The van der Waals surface area contributed by atoms with Crippen molar-refractivity contribution in [2.45, 2.75) is 32.2 Å². The van der Waals surface area contributed by atoms with E-state index in [1.807, 2.05) is 35.2 Å². The van der Waals surface area contributed by atoms with Crippen LogP contribution in [0.3, 0.4) is 0 Å². The summed E-state index contributed by atoms with van der Waals surface area (Å²) in [5.74, 6) is 1.54. The highest BCUT2D eigenvalue weighted by molar-refractivity contribution is 6.00. The lowest BCUT2D eigenvalue weighted by Gasteiger charge is -2.42. The first-order valence-electron chi connectivity index (χ1n) is 13.1. The van der Waals surface area contributed by atoms with Gasteiger partial charge in [-0.2, -0.15) is 0 Å². The van der Waals surface area contributed by atoms with Crippen LogP contribution in [0.5, 0.6) is 11.5 Å². The number of benzene rings is 2. The zero-order chi connectivity index (χ0) is 25.2. The molecule has 7 heteroatoms. The fraction of sp³-hybridized carbons (Fsp3) is 0.483. The van der Waals surface area contributed by atoms with E-state index in [4.69, 9.17) is 9.47 Å². The third kappa shape index (κ3) is 4.70. The number of H-pyrrole nitrogens is 1. The minimum absolute atomic E-state index is 0.135. The van der Waals surface area contributed by atoms with E-state index in [1.165, 1.54) is 31.5 Å². The van der Waals surface area contributed by atoms with Crippen molar-refractivity contribution in [2.24, 2.45) is 0 Å². The molecule has 7 nitrogen and oxygen atoms in total. The average Bonchev–Trinajstić information content (AvgIpc) is 3.30. The van der Waals surface area contributed by atoms with Crippen LogP contribution in [-0.4, -0.2) is 92.2 Å². The maximum atomic E-state index is 13.5. The predicted molar refractivity (Wildman–Crippen MR) is 144 cm³/mol. The molecule has 0 bridgehead atoms. The minimum Gasteiger partial charge on any atom is -0.493 e. The number of fused-ring (bicyclic) bond motifs is 1. The summed E-state index contributed by atoms with van der Waals surface area (Å²) in [7, 11) is 5.50. The van der Waals surface area contributed by atoms with E-state index < -0.39 is 0 Å². The molecule has 0 spiro atoms. The fourth-order valence-electron chi connectivity index (χ4n) is 5.82. The predicted octanol–water partition coefficient (Wildman–Crippen LogP) is 4.27. The van der Waals surface area contributed by atoms with Crippen molar-refractivity contribution in [1.82, 2.24) is 19.7 Å². The molecule has 36 heavy (non-hydrogen) atoms. The molecular formula is C29H38N4O3. The summed E-state index contributed by atoms with van der Waals surface area (Å²) >= 11 is 0. The Hall–Kier alpha value is -3.03. The Kier molecular flexibility index (Phi) is 7.21. The number of rotatable bonds is 6. The number of ether oxygens (including phenoxy) is 2. The number of piperazine rings is 1. The van der Waals surface area contributed by atoms with Crippen LogP contribution in [0.2, 0.25) is 0 Å². The number of methoxy groups -OCH3 is 2. The van der Waals surface area contributed by atoms with Gasteiger partial charge in [0.05, 0.1) is 14.2 Å². The van der Waals surface area contributed by atoms with Gasteiger partial charge in [0.2, 0.25) is 0 Å². The molecule has 2 aliphatic rings. The Morgan fingerprint density at radius 1 is 0.944 bits per heavy atom. The molecule has 0 saturated carbocycles. The van der Waals surface area contributed by atoms with E-state index in [-0.39, 0.29) is 5.91 Å². The van der Waals surface area contributed by atoms with Gasteiger partial charge < -0.3 is 24.3 Å². The second-order valence-corrected chi connectivity index (χ2v) is 10.0. The number of aryl methyl sites for hydroxylation is 1. The number of nitrogens with zero attached hydrogens (tertiary/aromatic N) is 3. The molecule has 0 aliphatic carbocycles. The molecule has 2 aliphatic heterocycles. The second-order valence-electron chi connectivity index (χ2n) is 10.0. The van der Waals surface area contributed by atoms with Gasteiger partial charge in [0.1, 0.15) is 0 Å². The highest BCUT2D eigenvalue weighted by Crippen LogP contribution is 2.36. The summed E-state index contributed by atoms with van der Waals surface area (Å²) in [4.78, 5) is 24.1. The number of piperidine rings is 1. The molecule has 2 fully saturated rings. The van der Waals surface area contributed by atoms with Crippen molar-refractivity contribution < 1.29 is 14.3 Å². The first-order valence-corrected chi connectivity index (χ1v) is 13.1. The molecule has 3 aromatic rings. The van der Waals surface area contributed by atoms with Crippen molar-refractivity contribution in [1.29, 1.82) is 0 Å². The monoisotopic (exact) mass is 490 g/mol. The molecule has 1 N–H and O–H groups in total. The number of aromatic nitrogens is 1. The van der Waals surface area contributed by atoms with Crippen LogP contribution in [0.15, 0.2) is 36.4 Å². The van der Waals surface area contributed by atoms with Gasteiger partial charge in [0, 0.05) is 59.9 Å². The molecule has 1 amide bonds. The van der Waals surface area contributed by atoms with Crippen LogP contribution in [0.1, 0.15) is 35.7 Å². The molecular weight excluding hydrogens is 452 g/mol. The van der Waals surface area contributed by atoms with Gasteiger partial charge in [0.15, 0.2) is 11.5 Å². The Balaban J connectivity index is 1.35. The van der Waals surface area contributed by atoms with Gasteiger partial charge in [-0.15, -0.1) is 0 Å². The minimum atomic E-state index is 0.135. The summed E-state index contributed by atoms with van der Waals surface area (Å²) < 4.78 is 10.9. The summed E-state index contributed by atoms with van der Waals surface area (Å²) in [6.07, 6.45) is 3.32. The van der Waals surface area contributed by atoms with Gasteiger partial charge in [-0.3, -0.25) is 9.69 Å². The number of likely N-dealkylation sites (tertiary alicyclic amines) is 1. The smallest absolute Gasteiger partial charge is 0.253 e. The Morgan fingerprint density at radius 3 is 2.33 bits per heavy atom. The zero-order valence-electron chi connectivity index (χ0n) is 22.0. The third-order valence-electron chi connectivity index (χ3n) is 7.98. The molecule has 5 rings (SSSR count). The SMILES string of the molecule is CCc1c(-c2ccc(OC)c(OC)c2)[nH]c2ccc(C(=O)N3CCN(C4CCN(C)CC4)CC3)cc12. The second kappa shape index (κ2) is 10.5. The Bertz CT molecular complexity index is 1220. The average molecular weight is 491 g/mol. The van der Waals surface area contributed by atoms with Gasteiger partial charge >= 0.3 is 0 Å². The van der Waals surface area contributed by atoms with Crippen LogP contribution in [0.25, 0.3) is 22.2 Å². The van der Waals surface area contributed by atoms with Crippen molar-refractivity contribution in [3.05, 3.63) is 47.5 Å². The first kappa shape index (κ1) is 24.7. The number of carbonyl (C=O) groups excluding carboxylic acids is 1. The maximum absolute atomic E-state index is 13.5. The van der Waals surface area contributed by atoms with Crippen molar-refractivity contribution in [2.75, 3.05) is 60.5 Å². The van der Waals surface area contributed by atoms with Crippen molar-refractivity contribution in [3.8, 4) is 22.8 Å². The summed E-state index contributed by atoms with van der Waals surface area (Å²) in [5, 5.41) is 1.11. The number of aromatic amines is 1. The standard InChI is InChI=1S/C29H38N4O3/c1-5-23-24-18-21(29(34)33-16-14-32(15-17-33)22-10-12-31(2)13-11-22)6-8-25(24)30-28(23)20-7-9-26(35-3)27(19-20)36-4/h6-9,18-19,22,30H,5,10-17H2,1-4H3. The lowest BCUT2D eigenvalue weighted by molar-refractivity contribution is 0.0475. The van der Waals surface area contributed by atoms with E-state index in [0.717, 1.165) is 60.3 Å². The van der Waals surface area contributed by atoms with E-state index in [2.05, 4.69) is 34.8 Å². The van der Waals surface area contributed by atoms with Gasteiger partial charge in [-0.1, -0.05) is 6.92 Å². The van der Waals surface area contributed by atoms with Crippen LogP contribution < -0.4 is 9.47 Å². The largest absolute Gasteiger partial charge is 0.493 e. The molecule has 0 unspecified atom stereocenters. The number of nitrogens with one attached hydrogen (secondary N) is 1. The molecule has 0 atom stereocenters. The van der Waals surface area contributed by atoms with Crippen molar-refractivity contribution in [3.63, 3.8) is 0 Å². The van der Waals surface area contributed by atoms with Gasteiger partial charge in [0.25, 0.3) is 5.91 Å². The van der Waals surface area contributed by atoms with E-state index in [9.17, 15) is 4.79 Å². The van der Waals surface area contributed by atoms with E-state index in [0.29, 0.717) is 17.5 Å². The fourth-order valence-corrected chi connectivity index (χ4v) is 5.82. The van der Waals surface area contributed by atoms with Crippen LogP contribution in [0, 0.1) is 0 Å². The highest BCUT2D eigenvalue weighted by Gasteiger charge is 2.28. The lowest BCUT2D eigenvalue weighted by Crippen LogP contribution is -2.54. The highest BCUT2D eigenvalue weighted by atomic mass is 16.5. The molecule has 1 aromatic heterocycles. The third-order valence-corrected chi connectivity index (χ3v) is 7.98. The summed E-state index contributed by atoms with van der Waals surface area (Å²) in [6, 6.07) is 12.7. The normalized spacial score (nSPS) is 18.1. The zero-order valence-corrected chi connectivity index (χ0v) is 22.0. The van der Waals surface area contributed by atoms with Gasteiger partial charge in [-0.05, 0) is 81.4 Å². The van der Waals surface area contributed by atoms with Crippen LogP contribution in [0.4, 0.5) is 0 Å².